The SMILES string of the molecule is CC(C(=O)Nc1ccc(N)cc1Cl)N(C)Cc1cccs1. The van der Waals surface area contributed by atoms with Crippen LogP contribution in [0.5, 0.6) is 0 Å². The van der Waals surface area contributed by atoms with Crippen molar-refractivity contribution in [3.05, 3.63) is 45.6 Å². The van der Waals surface area contributed by atoms with Crippen LogP contribution in [-0.2, 0) is 11.3 Å². The quantitative estimate of drug-likeness (QED) is 0.829. The number of nitrogens with one attached hydrogen (secondary N) is 1. The van der Waals surface area contributed by atoms with E-state index < -0.39 is 0 Å². The Hall–Kier alpha value is -1.56. The van der Waals surface area contributed by atoms with Crippen LogP contribution in [-0.4, -0.2) is 23.9 Å². The Labute approximate surface area is 133 Å². The maximum atomic E-state index is 12.3. The van der Waals surface area contributed by atoms with Crippen LogP contribution in [0, 0.1) is 0 Å². The average molecular weight is 324 g/mol. The topological polar surface area (TPSA) is 58.4 Å². The molecule has 1 aromatic heterocycles. The fourth-order valence-electron chi connectivity index (χ4n) is 1.86. The third kappa shape index (κ3) is 4.20. The molecule has 0 aliphatic carbocycles. The lowest BCUT2D eigenvalue weighted by Gasteiger charge is -2.23. The molecule has 2 aromatic rings. The third-order valence-corrected chi connectivity index (χ3v) is 4.45. The molecule has 1 heterocycles. The van der Waals surface area contributed by atoms with Crippen molar-refractivity contribution in [3.63, 3.8) is 0 Å². The molecule has 0 bridgehead atoms. The molecule has 1 atom stereocenters. The van der Waals surface area contributed by atoms with Gasteiger partial charge in [0.15, 0.2) is 0 Å². The summed E-state index contributed by atoms with van der Waals surface area (Å²) < 4.78 is 0. The van der Waals surface area contributed by atoms with Crippen LogP contribution in [0.3, 0.4) is 0 Å². The summed E-state index contributed by atoms with van der Waals surface area (Å²) in [5.41, 5.74) is 6.78. The standard InChI is InChI=1S/C15H18ClN3OS/c1-10(19(2)9-12-4-3-7-21-12)15(20)18-14-6-5-11(17)8-13(14)16/h3-8,10H,9,17H2,1-2H3,(H,18,20). The third-order valence-electron chi connectivity index (χ3n) is 3.28. The summed E-state index contributed by atoms with van der Waals surface area (Å²) >= 11 is 7.75. The van der Waals surface area contributed by atoms with Gasteiger partial charge in [-0.15, -0.1) is 11.3 Å². The first-order valence-corrected chi connectivity index (χ1v) is 7.81. The van der Waals surface area contributed by atoms with E-state index in [0.29, 0.717) is 16.4 Å². The molecule has 0 aliphatic rings. The zero-order valence-corrected chi connectivity index (χ0v) is 13.5. The number of halogens is 1. The number of benzene rings is 1. The number of likely N-dealkylation sites (N-methyl/N-ethyl adjacent to an activating group) is 1. The fourth-order valence-corrected chi connectivity index (χ4v) is 2.86. The Kier molecular flexibility index (Phi) is 5.22. The fraction of sp³-hybridized carbons (Fsp3) is 0.267. The largest absolute Gasteiger partial charge is 0.399 e. The summed E-state index contributed by atoms with van der Waals surface area (Å²) in [6.07, 6.45) is 0. The molecule has 0 saturated carbocycles. The van der Waals surface area contributed by atoms with Crippen LogP contribution in [0.1, 0.15) is 11.8 Å². The molecule has 4 nitrogen and oxygen atoms in total. The van der Waals surface area contributed by atoms with Crippen LogP contribution in [0.2, 0.25) is 5.02 Å². The van der Waals surface area contributed by atoms with Gasteiger partial charge in [-0.25, -0.2) is 0 Å². The Morgan fingerprint density at radius 2 is 2.24 bits per heavy atom. The zero-order valence-electron chi connectivity index (χ0n) is 12.0. The highest BCUT2D eigenvalue weighted by Gasteiger charge is 2.19. The van der Waals surface area contributed by atoms with Gasteiger partial charge in [-0.05, 0) is 43.6 Å². The summed E-state index contributed by atoms with van der Waals surface area (Å²) in [5.74, 6) is -0.0965. The van der Waals surface area contributed by atoms with E-state index in [1.54, 1.807) is 29.5 Å². The smallest absolute Gasteiger partial charge is 0.241 e. The van der Waals surface area contributed by atoms with Crippen molar-refractivity contribution in [2.75, 3.05) is 18.1 Å². The summed E-state index contributed by atoms with van der Waals surface area (Å²) in [7, 11) is 1.93. The second-order valence-electron chi connectivity index (χ2n) is 4.90. The molecule has 2 rings (SSSR count). The number of hydrogen-bond donors (Lipinski definition) is 2. The van der Waals surface area contributed by atoms with E-state index in [2.05, 4.69) is 11.4 Å². The van der Waals surface area contributed by atoms with Gasteiger partial charge in [0.2, 0.25) is 5.91 Å². The number of rotatable bonds is 5. The lowest BCUT2D eigenvalue weighted by molar-refractivity contribution is -0.120. The summed E-state index contributed by atoms with van der Waals surface area (Å²) in [4.78, 5) is 15.5. The lowest BCUT2D eigenvalue weighted by Crippen LogP contribution is -2.39. The van der Waals surface area contributed by atoms with Crippen LogP contribution in [0.25, 0.3) is 0 Å². The normalized spacial score (nSPS) is 12.4. The molecule has 6 heteroatoms. The second-order valence-corrected chi connectivity index (χ2v) is 6.34. The van der Waals surface area contributed by atoms with E-state index in [0.717, 1.165) is 6.54 Å². The number of thiophene rings is 1. The Morgan fingerprint density at radius 3 is 2.86 bits per heavy atom. The van der Waals surface area contributed by atoms with Gasteiger partial charge >= 0.3 is 0 Å². The van der Waals surface area contributed by atoms with Gasteiger partial charge in [-0.1, -0.05) is 17.7 Å². The minimum atomic E-state index is -0.263. The predicted molar refractivity (Wildman–Crippen MR) is 89.7 cm³/mol. The van der Waals surface area contributed by atoms with Crippen LogP contribution in [0.4, 0.5) is 11.4 Å². The summed E-state index contributed by atoms with van der Waals surface area (Å²) in [6.45, 7) is 2.61. The summed E-state index contributed by atoms with van der Waals surface area (Å²) in [6, 6.07) is 8.84. The van der Waals surface area contributed by atoms with Crippen molar-refractivity contribution in [3.8, 4) is 0 Å². The van der Waals surface area contributed by atoms with E-state index in [9.17, 15) is 4.79 Å². The molecule has 0 aliphatic heterocycles. The number of carbonyl (C=O) groups is 1. The number of anilines is 2. The van der Waals surface area contributed by atoms with Crippen molar-refractivity contribution in [2.45, 2.75) is 19.5 Å². The van der Waals surface area contributed by atoms with Crippen molar-refractivity contribution in [1.29, 1.82) is 0 Å². The van der Waals surface area contributed by atoms with Crippen LogP contribution in [0.15, 0.2) is 35.7 Å². The van der Waals surface area contributed by atoms with Crippen LogP contribution >= 0.6 is 22.9 Å². The lowest BCUT2D eigenvalue weighted by atomic mass is 10.2. The molecule has 1 amide bonds. The van der Waals surface area contributed by atoms with Crippen LogP contribution < -0.4 is 11.1 Å². The summed E-state index contributed by atoms with van der Waals surface area (Å²) in [5, 5.41) is 5.30. The number of nitrogen functional groups attached to an aromatic ring is 1. The molecule has 0 saturated heterocycles. The van der Waals surface area contributed by atoms with Gasteiger partial charge in [0.1, 0.15) is 0 Å². The molecule has 3 N–H and O–H groups in total. The molecule has 0 fully saturated rings. The molecule has 21 heavy (non-hydrogen) atoms. The van der Waals surface area contributed by atoms with Gasteiger partial charge in [0.25, 0.3) is 0 Å². The minimum Gasteiger partial charge on any atom is -0.399 e. The average Bonchev–Trinajstić information content (AvgIpc) is 2.93. The molecule has 0 radical (unpaired) electrons. The molecule has 1 unspecified atom stereocenters. The van der Waals surface area contributed by atoms with Crippen molar-refractivity contribution in [2.24, 2.45) is 0 Å². The van der Waals surface area contributed by atoms with Crippen molar-refractivity contribution >= 4 is 40.2 Å². The maximum absolute atomic E-state index is 12.3. The first kappa shape index (κ1) is 15.8. The van der Waals surface area contributed by atoms with Gasteiger partial charge in [0.05, 0.1) is 16.8 Å². The minimum absolute atomic E-state index is 0.0965. The van der Waals surface area contributed by atoms with E-state index in [-0.39, 0.29) is 11.9 Å². The number of hydrogen-bond acceptors (Lipinski definition) is 4. The van der Waals surface area contributed by atoms with Crippen molar-refractivity contribution in [1.82, 2.24) is 4.90 Å². The first-order valence-electron chi connectivity index (χ1n) is 6.56. The molecule has 1 aromatic carbocycles. The number of carbonyl (C=O) groups excluding carboxylic acids is 1. The molecular formula is C15H18ClN3OS. The van der Waals surface area contributed by atoms with Gasteiger partial charge in [0, 0.05) is 17.1 Å². The number of nitrogens with zero attached hydrogens (tertiary/aromatic N) is 1. The van der Waals surface area contributed by atoms with Gasteiger partial charge in [-0.3, -0.25) is 9.69 Å². The predicted octanol–water partition coefficient (Wildman–Crippen LogP) is 3.44. The second kappa shape index (κ2) is 6.93. The van der Waals surface area contributed by atoms with E-state index >= 15 is 0 Å². The molecular weight excluding hydrogens is 306 g/mol. The van der Waals surface area contributed by atoms with Crippen molar-refractivity contribution < 1.29 is 4.79 Å². The molecule has 0 spiro atoms. The maximum Gasteiger partial charge on any atom is 0.241 e. The zero-order chi connectivity index (χ0) is 15.4. The Bertz CT molecular complexity index is 615. The Balaban J connectivity index is 1.98. The number of amides is 1. The van der Waals surface area contributed by atoms with Gasteiger partial charge in [-0.2, -0.15) is 0 Å². The van der Waals surface area contributed by atoms with E-state index in [1.165, 1.54) is 4.88 Å². The van der Waals surface area contributed by atoms with Gasteiger partial charge < -0.3 is 11.1 Å². The number of nitrogens with two attached hydrogens (primary N) is 1. The highest BCUT2D eigenvalue weighted by atomic mass is 35.5. The Morgan fingerprint density at radius 1 is 1.48 bits per heavy atom. The van der Waals surface area contributed by atoms with E-state index in [4.69, 9.17) is 17.3 Å². The highest BCUT2D eigenvalue weighted by Crippen LogP contribution is 2.24. The van der Waals surface area contributed by atoms with E-state index in [1.807, 2.05) is 30.3 Å². The highest BCUT2D eigenvalue weighted by molar-refractivity contribution is 7.09. The molecule has 112 valence electrons. The monoisotopic (exact) mass is 323 g/mol. The first-order chi connectivity index (χ1) is 9.97.